The predicted octanol–water partition coefficient (Wildman–Crippen LogP) is 4.55. The van der Waals surface area contributed by atoms with Crippen molar-refractivity contribution in [2.24, 2.45) is 0 Å². The third-order valence-corrected chi connectivity index (χ3v) is 5.60. The molecule has 1 unspecified atom stereocenters. The van der Waals surface area contributed by atoms with Crippen molar-refractivity contribution >= 4 is 22.4 Å². The standard InChI is InChI=1S/C23H25F3N4O2/c1-12-10-30(4)19-8-16-18(9-20(19)32-12)28-14(3)29-22(16)27-13(2)15-6-5-7-17(21(15)24)23(25,26)11-31/h5-9,12-13,31H,10-11H2,1-4H3,(H,27,28,29)/t12?,13-/m1/s1. The molecule has 3 aromatic rings. The van der Waals surface area contributed by atoms with Crippen LogP contribution in [0.5, 0.6) is 5.75 Å². The molecule has 2 atom stereocenters. The quantitative estimate of drug-likeness (QED) is 0.599. The van der Waals surface area contributed by atoms with E-state index in [1.807, 2.05) is 26.1 Å². The van der Waals surface area contributed by atoms with Gasteiger partial charge in [0.2, 0.25) is 0 Å². The minimum atomic E-state index is -3.67. The van der Waals surface area contributed by atoms with Gasteiger partial charge in [-0.2, -0.15) is 8.78 Å². The lowest BCUT2D eigenvalue weighted by Gasteiger charge is -2.32. The van der Waals surface area contributed by atoms with Crippen LogP contribution in [0.2, 0.25) is 0 Å². The van der Waals surface area contributed by atoms with Crippen LogP contribution in [0.15, 0.2) is 30.3 Å². The van der Waals surface area contributed by atoms with Crippen molar-refractivity contribution in [1.82, 2.24) is 9.97 Å². The number of anilines is 2. The molecule has 32 heavy (non-hydrogen) atoms. The average molecular weight is 446 g/mol. The first-order valence-corrected chi connectivity index (χ1v) is 10.3. The summed E-state index contributed by atoms with van der Waals surface area (Å²) in [7, 11) is 1.97. The fourth-order valence-corrected chi connectivity index (χ4v) is 4.04. The van der Waals surface area contributed by atoms with E-state index in [0.29, 0.717) is 22.5 Å². The maximum absolute atomic E-state index is 14.9. The Bertz CT molecular complexity index is 1170. The average Bonchev–Trinajstić information content (AvgIpc) is 2.72. The summed E-state index contributed by atoms with van der Waals surface area (Å²) in [6, 6.07) is 6.86. The number of aliphatic hydroxyl groups is 1. The highest BCUT2D eigenvalue weighted by molar-refractivity contribution is 5.94. The minimum Gasteiger partial charge on any atom is -0.487 e. The van der Waals surface area contributed by atoms with Crippen LogP contribution in [-0.2, 0) is 5.92 Å². The molecular weight excluding hydrogens is 421 g/mol. The van der Waals surface area contributed by atoms with Crippen molar-refractivity contribution in [1.29, 1.82) is 0 Å². The Kier molecular flexibility index (Phi) is 5.62. The molecule has 170 valence electrons. The van der Waals surface area contributed by atoms with Crippen LogP contribution >= 0.6 is 0 Å². The Morgan fingerprint density at radius 1 is 1.31 bits per heavy atom. The molecule has 0 spiro atoms. The van der Waals surface area contributed by atoms with E-state index >= 15 is 0 Å². The van der Waals surface area contributed by atoms with Gasteiger partial charge in [-0.05, 0) is 32.9 Å². The van der Waals surface area contributed by atoms with Gasteiger partial charge >= 0.3 is 0 Å². The summed E-state index contributed by atoms with van der Waals surface area (Å²) in [5, 5.41) is 12.8. The lowest BCUT2D eigenvalue weighted by molar-refractivity contribution is -0.0583. The van der Waals surface area contributed by atoms with Crippen LogP contribution in [0.1, 0.15) is 36.8 Å². The van der Waals surface area contributed by atoms with Crippen LogP contribution in [0, 0.1) is 12.7 Å². The molecular formula is C23H25F3N4O2. The third-order valence-electron chi connectivity index (χ3n) is 5.60. The molecule has 0 radical (unpaired) electrons. The number of rotatable bonds is 5. The molecule has 2 N–H and O–H groups in total. The molecule has 0 amide bonds. The molecule has 0 bridgehead atoms. The SMILES string of the molecule is Cc1nc(N[C@H](C)c2cccc(C(F)(F)CO)c2F)c2cc3c(cc2n1)OC(C)CN3C. The second-order valence-electron chi connectivity index (χ2n) is 8.20. The van der Waals surface area contributed by atoms with Crippen molar-refractivity contribution < 1.29 is 23.0 Å². The molecule has 4 rings (SSSR count). The Morgan fingerprint density at radius 3 is 2.78 bits per heavy atom. The van der Waals surface area contributed by atoms with Gasteiger partial charge in [0.15, 0.2) is 0 Å². The zero-order chi connectivity index (χ0) is 23.2. The first-order chi connectivity index (χ1) is 15.1. The number of aliphatic hydroxyl groups excluding tert-OH is 1. The van der Waals surface area contributed by atoms with E-state index in [9.17, 15) is 13.2 Å². The van der Waals surface area contributed by atoms with Crippen molar-refractivity contribution in [2.75, 3.05) is 30.4 Å². The monoisotopic (exact) mass is 446 g/mol. The molecule has 0 aliphatic carbocycles. The number of fused-ring (bicyclic) bond motifs is 2. The predicted molar refractivity (Wildman–Crippen MR) is 117 cm³/mol. The van der Waals surface area contributed by atoms with Crippen LogP contribution < -0.4 is 15.0 Å². The third kappa shape index (κ3) is 3.92. The van der Waals surface area contributed by atoms with Gasteiger partial charge in [-0.3, -0.25) is 0 Å². The van der Waals surface area contributed by atoms with E-state index in [0.717, 1.165) is 24.0 Å². The summed E-state index contributed by atoms with van der Waals surface area (Å²) in [4.78, 5) is 11.1. The summed E-state index contributed by atoms with van der Waals surface area (Å²) >= 11 is 0. The van der Waals surface area contributed by atoms with Gasteiger partial charge in [0.05, 0.1) is 29.4 Å². The van der Waals surface area contributed by atoms with Crippen LogP contribution in [0.25, 0.3) is 10.9 Å². The molecule has 9 heteroatoms. The Morgan fingerprint density at radius 2 is 2.06 bits per heavy atom. The Balaban J connectivity index is 1.75. The van der Waals surface area contributed by atoms with Crippen LogP contribution in [-0.4, -0.2) is 41.4 Å². The molecule has 0 fully saturated rings. The molecule has 1 aromatic heterocycles. The molecule has 6 nitrogen and oxygen atoms in total. The number of likely N-dealkylation sites (N-methyl/N-ethyl adjacent to an activating group) is 1. The summed E-state index contributed by atoms with van der Waals surface area (Å²) in [6.45, 7) is 4.66. The highest BCUT2D eigenvalue weighted by atomic mass is 19.3. The second kappa shape index (κ2) is 8.12. The largest absolute Gasteiger partial charge is 0.487 e. The number of nitrogens with zero attached hydrogens (tertiary/aromatic N) is 3. The van der Waals surface area contributed by atoms with Gasteiger partial charge in [-0.15, -0.1) is 0 Å². The van der Waals surface area contributed by atoms with E-state index < -0.39 is 30.0 Å². The number of ether oxygens (including phenoxy) is 1. The first kappa shape index (κ1) is 22.1. The molecule has 0 saturated heterocycles. The van der Waals surface area contributed by atoms with E-state index in [1.165, 1.54) is 12.1 Å². The number of alkyl halides is 2. The number of nitrogens with one attached hydrogen (secondary N) is 1. The number of aromatic nitrogens is 2. The number of hydrogen-bond donors (Lipinski definition) is 2. The zero-order valence-corrected chi connectivity index (χ0v) is 18.3. The second-order valence-corrected chi connectivity index (χ2v) is 8.20. The molecule has 2 aromatic carbocycles. The number of halogens is 3. The fourth-order valence-electron chi connectivity index (χ4n) is 4.04. The van der Waals surface area contributed by atoms with Crippen molar-refractivity contribution in [2.45, 2.75) is 38.8 Å². The Labute approximate surface area is 184 Å². The summed E-state index contributed by atoms with van der Waals surface area (Å²) in [5.74, 6) is -3.03. The van der Waals surface area contributed by atoms with Gasteiger partial charge in [-0.25, -0.2) is 14.4 Å². The lowest BCUT2D eigenvalue weighted by Crippen LogP contribution is -2.35. The molecule has 1 aliphatic heterocycles. The van der Waals surface area contributed by atoms with Gasteiger partial charge in [0.1, 0.15) is 35.9 Å². The van der Waals surface area contributed by atoms with Crippen LogP contribution in [0.3, 0.4) is 0 Å². The smallest absolute Gasteiger partial charge is 0.298 e. The van der Waals surface area contributed by atoms with E-state index in [-0.39, 0.29) is 11.7 Å². The molecule has 0 saturated carbocycles. The highest BCUT2D eigenvalue weighted by Crippen LogP contribution is 2.39. The maximum Gasteiger partial charge on any atom is 0.298 e. The van der Waals surface area contributed by atoms with Crippen LogP contribution in [0.4, 0.5) is 24.7 Å². The fraction of sp³-hybridized carbons (Fsp3) is 0.391. The summed E-state index contributed by atoms with van der Waals surface area (Å²) < 4.78 is 48.8. The van der Waals surface area contributed by atoms with E-state index in [1.54, 1.807) is 13.8 Å². The minimum absolute atomic E-state index is 0.0396. The van der Waals surface area contributed by atoms with Gasteiger partial charge in [0, 0.05) is 24.1 Å². The maximum atomic E-state index is 14.9. The summed E-state index contributed by atoms with van der Waals surface area (Å²) in [5.41, 5.74) is 0.758. The molecule has 1 aliphatic rings. The van der Waals surface area contributed by atoms with E-state index in [4.69, 9.17) is 9.84 Å². The highest BCUT2D eigenvalue weighted by Gasteiger charge is 2.35. The summed E-state index contributed by atoms with van der Waals surface area (Å²) in [6.07, 6.45) is 0.0396. The molecule has 2 heterocycles. The Hall–Kier alpha value is -3.07. The van der Waals surface area contributed by atoms with Gasteiger partial charge in [-0.1, -0.05) is 12.1 Å². The van der Waals surface area contributed by atoms with Crippen molar-refractivity contribution in [3.8, 4) is 5.75 Å². The van der Waals surface area contributed by atoms with Gasteiger partial charge < -0.3 is 20.1 Å². The zero-order valence-electron chi connectivity index (χ0n) is 18.3. The number of hydrogen-bond acceptors (Lipinski definition) is 6. The normalized spacial score (nSPS) is 17.1. The lowest BCUT2D eigenvalue weighted by atomic mass is 10.00. The first-order valence-electron chi connectivity index (χ1n) is 10.3. The number of benzene rings is 2. The van der Waals surface area contributed by atoms with Crippen molar-refractivity contribution in [3.05, 3.63) is 53.1 Å². The van der Waals surface area contributed by atoms with Gasteiger partial charge in [0.25, 0.3) is 5.92 Å². The topological polar surface area (TPSA) is 70.5 Å². The van der Waals surface area contributed by atoms with E-state index in [2.05, 4.69) is 20.2 Å². The van der Waals surface area contributed by atoms with Crippen molar-refractivity contribution in [3.63, 3.8) is 0 Å². The number of aryl methyl sites for hydroxylation is 1.